The number of aromatic carboxylic acids is 2. The number of hydrogen-bond donors (Lipinski definition) is 4. The van der Waals surface area contributed by atoms with Gasteiger partial charge in [-0.3, -0.25) is 0 Å². The van der Waals surface area contributed by atoms with Crippen molar-refractivity contribution in [3.8, 4) is 11.5 Å². The first-order chi connectivity index (χ1) is 18.1. The van der Waals surface area contributed by atoms with E-state index in [-0.39, 0.29) is 48.8 Å². The number of carboxylic acids is 2. The summed E-state index contributed by atoms with van der Waals surface area (Å²) in [4.78, 5) is 22.0. The first kappa shape index (κ1) is 27.8. The fraction of sp³-hybridized carbons (Fsp3) is 0.0625. The minimum atomic E-state index is -1.12. The molecule has 0 aliphatic carbocycles. The number of hydrogen-bond acceptors (Lipinski definition) is 4. The molecule has 6 aromatic rings. The van der Waals surface area contributed by atoms with Crippen LogP contribution in [0.4, 0.5) is 0 Å². The molecular formula is C32H24O6Zr. The predicted octanol–water partition coefficient (Wildman–Crippen LogP) is 7.41. The number of aromatic hydroxyl groups is 2. The third-order valence-electron chi connectivity index (χ3n) is 6.59. The van der Waals surface area contributed by atoms with E-state index in [9.17, 15) is 19.8 Å². The van der Waals surface area contributed by atoms with Crippen molar-refractivity contribution < 1.29 is 56.2 Å². The molecule has 39 heavy (non-hydrogen) atoms. The van der Waals surface area contributed by atoms with Crippen molar-refractivity contribution in [2.45, 2.75) is 13.8 Å². The van der Waals surface area contributed by atoms with Gasteiger partial charge in [0.2, 0.25) is 0 Å². The summed E-state index contributed by atoms with van der Waals surface area (Å²) in [5.74, 6) is -2.65. The van der Waals surface area contributed by atoms with E-state index < -0.39 is 11.9 Å². The fourth-order valence-corrected chi connectivity index (χ4v) is 4.66. The Hall–Kier alpha value is -4.22. The number of aryl methyl sites for hydroxylation is 2. The molecule has 0 aliphatic rings. The Morgan fingerprint density at radius 3 is 1.13 bits per heavy atom. The SMILES string of the molecule is Cc1ccc2cc3cc(O)c(C(=O)O)cc3cc2c1.Cc1ccc2cc3cc(O)c(C(=O)O)cc3cc2c1.[Zr]. The average Bonchev–Trinajstić information content (AvgIpc) is 2.86. The van der Waals surface area contributed by atoms with E-state index >= 15 is 0 Å². The summed E-state index contributed by atoms with van der Waals surface area (Å²) in [6.45, 7) is 4.03. The molecule has 6 rings (SSSR count). The zero-order valence-electron chi connectivity index (χ0n) is 21.2. The quantitative estimate of drug-likeness (QED) is 0.155. The molecule has 0 fully saturated rings. The van der Waals surface area contributed by atoms with Crippen LogP contribution in [0, 0.1) is 13.8 Å². The number of rotatable bonds is 2. The van der Waals surface area contributed by atoms with Crippen LogP contribution in [0.3, 0.4) is 0 Å². The molecule has 6 nitrogen and oxygen atoms in total. The first-order valence-corrected chi connectivity index (χ1v) is 11.9. The molecule has 192 valence electrons. The summed E-state index contributed by atoms with van der Waals surface area (Å²) in [6.07, 6.45) is 0. The molecule has 0 heterocycles. The van der Waals surface area contributed by atoms with Crippen LogP contribution in [0.2, 0.25) is 0 Å². The number of fused-ring (bicyclic) bond motifs is 4. The Kier molecular flexibility index (Phi) is 7.75. The standard InChI is InChI=1S/2C16H12O3.Zr/c2*1-9-2-3-10-5-13-8-15(17)14(16(18)19)7-12(13)6-11(10)4-9;/h2*2-8,17H,1H3,(H,18,19);. The monoisotopic (exact) mass is 594 g/mol. The molecule has 0 saturated heterocycles. The maximum Gasteiger partial charge on any atom is 0.339 e. The van der Waals surface area contributed by atoms with E-state index in [4.69, 9.17) is 10.2 Å². The molecule has 0 aliphatic heterocycles. The number of benzene rings is 6. The molecule has 0 unspecified atom stereocenters. The topological polar surface area (TPSA) is 115 Å². The summed E-state index contributed by atoms with van der Waals surface area (Å²) >= 11 is 0. The second-order valence-electron chi connectivity index (χ2n) is 9.45. The Morgan fingerprint density at radius 2 is 0.769 bits per heavy atom. The third-order valence-corrected chi connectivity index (χ3v) is 6.59. The molecule has 0 aromatic heterocycles. The normalized spacial score (nSPS) is 10.7. The molecule has 4 N–H and O–H groups in total. The second kappa shape index (κ2) is 10.9. The van der Waals surface area contributed by atoms with Crippen LogP contribution in [0.25, 0.3) is 43.1 Å². The Morgan fingerprint density at radius 1 is 0.462 bits per heavy atom. The number of carboxylic acid groups (broad SMARTS) is 2. The molecular weight excluding hydrogens is 572 g/mol. The van der Waals surface area contributed by atoms with Crippen LogP contribution in [-0.2, 0) is 26.2 Å². The molecule has 6 aromatic carbocycles. The minimum absolute atomic E-state index is 0. The van der Waals surface area contributed by atoms with E-state index in [1.165, 1.54) is 24.3 Å². The van der Waals surface area contributed by atoms with Crippen LogP contribution < -0.4 is 0 Å². The van der Waals surface area contributed by atoms with Gasteiger partial charge < -0.3 is 20.4 Å². The van der Waals surface area contributed by atoms with Gasteiger partial charge in [-0.2, -0.15) is 0 Å². The van der Waals surface area contributed by atoms with Crippen LogP contribution >= 0.6 is 0 Å². The molecule has 0 saturated carbocycles. The summed E-state index contributed by atoms with van der Waals surface area (Å²) < 4.78 is 0. The summed E-state index contributed by atoms with van der Waals surface area (Å²) in [5.41, 5.74) is 2.17. The smallest absolute Gasteiger partial charge is 0.339 e. The van der Waals surface area contributed by atoms with Crippen molar-refractivity contribution in [3.05, 3.63) is 107 Å². The van der Waals surface area contributed by atoms with Gasteiger partial charge in [-0.15, -0.1) is 0 Å². The van der Waals surface area contributed by atoms with Gasteiger partial charge in [0, 0.05) is 26.2 Å². The fourth-order valence-electron chi connectivity index (χ4n) is 4.66. The van der Waals surface area contributed by atoms with E-state index in [1.807, 2.05) is 62.4 Å². The predicted molar refractivity (Wildman–Crippen MR) is 150 cm³/mol. The van der Waals surface area contributed by atoms with Crippen LogP contribution in [0.1, 0.15) is 31.8 Å². The molecule has 0 atom stereocenters. The molecule has 0 radical (unpaired) electrons. The van der Waals surface area contributed by atoms with Crippen molar-refractivity contribution in [2.75, 3.05) is 0 Å². The van der Waals surface area contributed by atoms with Crippen molar-refractivity contribution in [1.29, 1.82) is 0 Å². The Labute approximate surface area is 242 Å². The van der Waals surface area contributed by atoms with Crippen molar-refractivity contribution >= 4 is 55.0 Å². The van der Waals surface area contributed by atoms with Gasteiger partial charge in [0.05, 0.1) is 0 Å². The van der Waals surface area contributed by atoms with E-state index in [0.717, 1.165) is 54.2 Å². The van der Waals surface area contributed by atoms with Gasteiger partial charge in [0.25, 0.3) is 0 Å². The van der Waals surface area contributed by atoms with Crippen LogP contribution in [0.15, 0.2) is 84.9 Å². The molecule has 0 spiro atoms. The van der Waals surface area contributed by atoms with Crippen molar-refractivity contribution in [3.63, 3.8) is 0 Å². The van der Waals surface area contributed by atoms with Crippen LogP contribution in [-0.4, -0.2) is 32.4 Å². The van der Waals surface area contributed by atoms with Crippen LogP contribution in [0.5, 0.6) is 11.5 Å². The molecule has 7 heteroatoms. The van der Waals surface area contributed by atoms with Gasteiger partial charge in [0.15, 0.2) is 0 Å². The van der Waals surface area contributed by atoms with Gasteiger partial charge in [-0.1, -0.05) is 47.5 Å². The zero-order chi connectivity index (χ0) is 27.1. The van der Waals surface area contributed by atoms with E-state index in [2.05, 4.69) is 12.1 Å². The summed E-state index contributed by atoms with van der Waals surface area (Å²) in [7, 11) is 0. The summed E-state index contributed by atoms with van der Waals surface area (Å²) in [6, 6.07) is 26.0. The largest absolute Gasteiger partial charge is 0.507 e. The summed E-state index contributed by atoms with van der Waals surface area (Å²) in [5, 5.41) is 45.0. The van der Waals surface area contributed by atoms with Crippen molar-refractivity contribution in [1.82, 2.24) is 0 Å². The minimum Gasteiger partial charge on any atom is -0.507 e. The van der Waals surface area contributed by atoms with Gasteiger partial charge in [-0.05, 0) is 105 Å². The Balaban J connectivity index is 0.000000176. The first-order valence-electron chi connectivity index (χ1n) is 11.9. The van der Waals surface area contributed by atoms with Crippen molar-refractivity contribution in [2.24, 2.45) is 0 Å². The molecule has 0 amide bonds. The van der Waals surface area contributed by atoms with E-state index in [1.54, 1.807) is 0 Å². The maximum atomic E-state index is 11.0. The number of carbonyl (C=O) groups is 2. The zero-order valence-corrected chi connectivity index (χ0v) is 23.6. The Bertz CT molecular complexity index is 1790. The second-order valence-corrected chi connectivity index (χ2v) is 9.45. The van der Waals surface area contributed by atoms with E-state index in [0.29, 0.717) is 0 Å². The van der Waals surface area contributed by atoms with Gasteiger partial charge >= 0.3 is 11.9 Å². The third kappa shape index (κ3) is 5.64. The average molecular weight is 596 g/mol. The van der Waals surface area contributed by atoms with Gasteiger partial charge in [-0.25, -0.2) is 9.59 Å². The number of phenols is 2. The molecule has 0 bridgehead atoms. The van der Waals surface area contributed by atoms with Gasteiger partial charge in [0.1, 0.15) is 22.6 Å². The maximum absolute atomic E-state index is 11.0.